The second-order valence-electron chi connectivity index (χ2n) is 8.58. The molecule has 6 nitrogen and oxygen atoms in total. The monoisotopic (exact) mass is 472 g/mol. The van der Waals surface area contributed by atoms with Gasteiger partial charge in [0.2, 0.25) is 5.88 Å². The Morgan fingerprint density at radius 2 is 1.77 bits per heavy atom. The fourth-order valence-electron chi connectivity index (χ4n) is 3.91. The van der Waals surface area contributed by atoms with Crippen LogP contribution in [-0.2, 0) is 4.79 Å². The maximum Gasteiger partial charge on any atom is 0.352 e. The number of hydrogen-bond donors (Lipinski definition) is 1. The van der Waals surface area contributed by atoms with Crippen LogP contribution in [0.1, 0.15) is 49.3 Å². The molecule has 0 saturated carbocycles. The van der Waals surface area contributed by atoms with E-state index in [1.165, 1.54) is 23.8 Å². The van der Waals surface area contributed by atoms with Crippen molar-refractivity contribution in [1.29, 1.82) is 5.26 Å². The van der Waals surface area contributed by atoms with Crippen LogP contribution in [0.2, 0.25) is 0 Å². The summed E-state index contributed by atoms with van der Waals surface area (Å²) in [6, 6.07) is 20.4. The van der Waals surface area contributed by atoms with Gasteiger partial charge in [-0.25, -0.2) is 9.18 Å². The molecule has 0 amide bonds. The predicted octanol–water partition coefficient (Wildman–Crippen LogP) is 5.54. The van der Waals surface area contributed by atoms with Crippen molar-refractivity contribution in [3.8, 4) is 23.3 Å². The number of esters is 1. The zero-order chi connectivity index (χ0) is 25.1. The summed E-state index contributed by atoms with van der Waals surface area (Å²) in [5.41, 5.74) is 8.52. The molecule has 0 saturated heterocycles. The standard InChI is InChI=1S/C28H25FN2O4/c1-16(2)18-7-9-21(10-8-18)33-17(3)28(32)34-22-11-12-23-25(14-22)35-27(31)24(15-30)26(23)19-5-4-6-20(29)13-19/h4-14,16-17,26H,31H2,1-3H3. The first kappa shape index (κ1) is 23.8. The number of allylic oxidation sites excluding steroid dienone is 1. The first-order valence-electron chi connectivity index (χ1n) is 11.2. The molecule has 0 spiro atoms. The molecule has 4 rings (SSSR count). The van der Waals surface area contributed by atoms with Crippen molar-refractivity contribution in [3.63, 3.8) is 0 Å². The van der Waals surface area contributed by atoms with Crippen molar-refractivity contribution in [2.24, 2.45) is 5.73 Å². The normalized spacial score (nSPS) is 15.6. The zero-order valence-corrected chi connectivity index (χ0v) is 19.6. The van der Waals surface area contributed by atoms with E-state index in [-0.39, 0.29) is 17.2 Å². The van der Waals surface area contributed by atoms with Crippen LogP contribution < -0.4 is 19.9 Å². The molecule has 1 aliphatic rings. The molecule has 0 bridgehead atoms. The van der Waals surface area contributed by atoms with Crippen molar-refractivity contribution in [3.05, 3.63) is 101 Å². The molecule has 0 aromatic heterocycles. The zero-order valence-electron chi connectivity index (χ0n) is 19.6. The first-order chi connectivity index (χ1) is 16.8. The Hall–Kier alpha value is -4.31. The minimum absolute atomic E-state index is 0.0840. The third-order valence-corrected chi connectivity index (χ3v) is 5.78. The highest BCUT2D eigenvalue weighted by molar-refractivity contribution is 5.77. The number of nitriles is 1. The van der Waals surface area contributed by atoms with Gasteiger partial charge in [-0.1, -0.05) is 44.2 Å². The summed E-state index contributed by atoms with van der Waals surface area (Å²) in [4.78, 5) is 12.6. The Kier molecular flexibility index (Phi) is 6.74. The summed E-state index contributed by atoms with van der Waals surface area (Å²) in [7, 11) is 0. The van der Waals surface area contributed by atoms with Gasteiger partial charge < -0.3 is 19.9 Å². The highest BCUT2D eigenvalue weighted by Crippen LogP contribution is 2.43. The summed E-state index contributed by atoms with van der Waals surface area (Å²) in [6.45, 7) is 5.81. The number of nitrogens with two attached hydrogens (primary N) is 1. The van der Waals surface area contributed by atoms with Crippen LogP contribution in [0.5, 0.6) is 17.2 Å². The van der Waals surface area contributed by atoms with E-state index >= 15 is 0 Å². The SMILES string of the molecule is CC(Oc1ccc(C(C)C)cc1)C(=O)Oc1ccc2c(c1)OC(N)=C(C#N)C2c1cccc(F)c1. The number of nitrogens with zero attached hydrogens (tertiary/aromatic N) is 1. The Morgan fingerprint density at radius 3 is 2.43 bits per heavy atom. The molecule has 2 unspecified atom stereocenters. The van der Waals surface area contributed by atoms with Crippen molar-refractivity contribution in [2.45, 2.75) is 38.7 Å². The Bertz CT molecular complexity index is 1330. The average Bonchev–Trinajstić information content (AvgIpc) is 2.83. The Labute approximate surface area is 203 Å². The van der Waals surface area contributed by atoms with Gasteiger partial charge in [0.1, 0.15) is 34.7 Å². The number of fused-ring (bicyclic) bond motifs is 1. The predicted molar refractivity (Wildman–Crippen MR) is 128 cm³/mol. The third-order valence-electron chi connectivity index (χ3n) is 5.78. The number of carbonyl (C=O) groups is 1. The number of benzene rings is 3. The highest BCUT2D eigenvalue weighted by atomic mass is 19.1. The number of ether oxygens (including phenoxy) is 3. The van der Waals surface area contributed by atoms with Gasteiger partial charge in [0.25, 0.3) is 0 Å². The molecule has 2 atom stereocenters. The quantitative estimate of drug-likeness (QED) is 0.374. The van der Waals surface area contributed by atoms with Gasteiger partial charge in [0.05, 0.1) is 5.92 Å². The van der Waals surface area contributed by atoms with Gasteiger partial charge in [0.15, 0.2) is 6.10 Å². The molecule has 1 aliphatic heterocycles. The number of hydrogen-bond acceptors (Lipinski definition) is 6. The van der Waals surface area contributed by atoms with E-state index in [1.54, 1.807) is 31.2 Å². The van der Waals surface area contributed by atoms with Gasteiger partial charge in [-0.15, -0.1) is 0 Å². The molecule has 0 aliphatic carbocycles. The lowest BCUT2D eigenvalue weighted by Gasteiger charge is -2.26. The minimum atomic E-state index is -0.855. The summed E-state index contributed by atoms with van der Waals surface area (Å²) in [5.74, 6) is -0.204. The summed E-state index contributed by atoms with van der Waals surface area (Å²) in [6.07, 6.45) is -0.855. The highest BCUT2D eigenvalue weighted by Gasteiger charge is 2.31. The van der Waals surface area contributed by atoms with Crippen LogP contribution in [0.3, 0.4) is 0 Å². The largest absolute Gasteiger partial charge is 0.479 e. The van der Waals surface area contributed by atoms with E-state index in [2.05, 4.69) is 19.9 Å². The summed E-state index contributed by atoms with van der Waals surface area (Å²) >= 11 is 0. The summed E-state index contributed by atoms with van der Waals surface area (Å²) in [5, 5.41) is 9.64. The van der Waals surface area contributed by atoms with Crippen LogP contribution >= 0.6 is 0 Å². The molecule has 1 heterocycles. The first-order valence-corrected chi connectivity index (χ1v) is 11.2. The maximum atomic E-state index is 13.9. The Balaban J connectivity index is 1.53. The lowest BCUT2D eigenvalue weighted by atomic mass is 9.83. The fourth-order valence-corrected chi connectivity index (χ4v) is 3.91. The fraction of sp³-hybridized carbons (Fsp3) is 0.214. The van der Waals surface area contributed by atoms with Crippen LogP contribution in [-0.4, -0.2) is 12.1 Å². The van der Waals surface area contributed by atoms with Gasteiger partial charge >= 0.3 is 5.97 Å². The van der Waals surface area contributed by atoms with Crippen molar-refractivity contribution >= 4 is 5.97 Å². The average molecular weight is 473 g/mol. The second-order valence-corrected chi connectivity index (χ2v) is 8.58. The lowest BCUT2D eigenvalue weighted by molar-refractivity contribution is -0.141. The lowest BCUT2D eigenvalue weighted by Crippen LogP contribution is -2.28. The molecule has 35 heavy (non-hydrogen) atoms. The molecule has 3 aromatic carbocycles. The van der Waals surface area contributed by atoms with Crippen LogP contribution in [0, 0.1) is 17.1 Å². The van der Waals surface area contributed by atoms with Gasteiger partial charge in [-0.3, -0.25) is 0 Å². The van der Waals surface area contributed by atoms with Gasteiger partial charge in [-0.05, 0) is 54.3 Å². The molecule has 3 aromatic rings. The molecule has 178 valence electrons. The molecular formula is C28H25FN2O4. The van der Waals surface area contributed by atoms with E-state index in [0.717, 1.165) is 0 Å². The topological polar surface area (TPSA) is 94.6 Å². The van der Waals surface area contributed by atoms with Crippen LogP contribution in [0.15, 0.2) is 78.2 Å². The van der Waals surface area contributed by atoms with E-state index in [0.29, 0.717) is 28.5 Å². The van der Waals surface area contributed by atoms with Crippen molar-refractivity contribution in [2.75, 3.05) is 0 Å². The minimum Gasteiger partial charge on any atom is -0.479 e. The van der Waals surface area contributed by atoms with E-state index in [1.807, 2.05) is 24.3 Å². The number of halogens is 1. The number of rotatable bonds is 6. The molecule has 7 heteroatoms. The molecule has 2 N–H and O–H groups in total. The van der Waals surface area contributed by atoms with Gasteiger partial charge in [-0.2, -0.15) is 5.26 Å². The van der Waals surface area contributed by atoms with Crippen LogP contribution in [0.25, 0.3) is 0 Å². The van der Waals surface area contributed by atoms with Crippen molar-refractivity contribution < 1.29 is 23.4 Å². The van der Waals surface area contributed by atoms with E-state index < -0.39 is 23.8 Å². The van der Waals surface area contributed by atoms with E-state index in [9.17, 15) is 14.4 Å². The maximum absolute atomic E-state index is 13.9. The van der Waals surface area contributed by atoms with Crippen LogP contribution in [0.4, 0.5) is 4.39 Å². The third kappa shape index (κ3) is 5.12. The second kappa shape index (κ2) is 9.90. The number of carbonyl (C=O) groups excluding carboxylic acids is 1. The smallest absolute Gasteiger partial charge is 0.352 e. The molecule has 0 fully saturated rings. The molecular weight excluding hydrogens is 447 g/mol. The molecule has 0 radical (unpaired) electrons. The van der Waals surface area contributed by atoms with Gasteiger partial charge in [0, 0.05) is 11.6 Å². The van der Waals surface area contributed by atoms with Crippen molar-refractivity contribution in [1.82, 2.24) is 0 Å². The van der Waals surface area contributed by atoms with E-state index in [4.69, 9.17) is 19.9 Å². The Morgan fingerprint density at radius 1 is 1.06 bits per heavy atom. The summed E-state index contributed by atoms with van der Waals surface area (Å²) < 4.78 is 30.8.